The zero-order valence-electron chi connectivity index (χ0n) is 10.2. The van der Waals surface area contributed by atoms with E-state index in [1.807, 2.05) is 19.1 Å². The van der Waals surface area contributed by atoms with Crippen LogP contribution in [0.5, 0.6) is 0 Å². The Labute approximate surface area is 105 Å². The molecule has 0 bridgehead atoms. The Hall–Kier alpha value is -2.24. The maximum absolute atomic E-state index is 11.7. The van der Waals surface area contributed by atoms with E-state index in [9.17, 15) is 4.79 Å². The molecule has 1 atom stereocenters. The molecule has 0 aliphatic heterocycles. The Morgan fingerprint density at radius 3 is 3.06 bits per heavy atom. The number of amides is 1. The van der Waals surface area contributed by atoms with Gasteiger partial charge in [-0.3, -0.25) is 9.48 Å². The molecule has 3 N–H and O–H groups in total. The quantitative estimate of drug-likeness (QED) is 0.819. The molecule has 96 valence electrons. The number of carbonyl (C=O) groups is 1. The summed E-state index contributed by atoms with van der Waals surface area (Å²) >= 11 is 0. The van der Waals surface area contributed by atoms with Crippen LogP contribution in [-0.2, 0) is 17.8 Å². The van der Waals surface area contributed by atoms with E-state index < -0.39 is 0 Å². The van der Waals surface area contributed by atoms with Crippen molar-refractivity contribution in [2.45, 2.75) is 25.9 Å². The maximum Gasteiger partial charge on any atom is 0.241 e. The van der Waals surface area contributed by atoms with Gasteiger partial charge in [0.15, 0.2) is 0 Å². The fourth-order valence-electron chi connectivity index (χ4n) is 1.71. The van der Waals surface area contributed by atoms with Crippen molar-refractivity contribution in [3.63, 3.8) is 0 Å². The molecule has 0 aliphatic carbocycles. The van der Waals surface area contributed by atoms with Gasteiger partial charge in [0.25, 0.3) is 0 Å². The number of nitrogens with two attached hydrogens (primary N) is 1. The van der Waals surface area contributed by atoms with Crippen molar-refractivity contribution in [2.24, 2.45) is 0 Å². The average Bonchev–Trinajstić information content (AvgIpc) is 2.90. The van der Waals surface area contributed by atoms with E-state index in [2.05, 4.69) is 10.4 Å². The van der Waals surface area contributed by atoms with Crippen molar-refractivity contribution in [3.05, 3.63) is 36.4 Å². The highest BCUT2D eigenvalue weighted by Gasteiger charge is 2.10. The number of anilines is 1. The summed E-state index contributed by atoms with van der Waals surface area (Å²) in [6.45, 7) is 2.09. The van der Waals surface area contributed by atoms with Crippen LogP contribution in [0.15, 0.2) is 35.1 Å². The monoisotopic (exact) mass is 248 g/mol. The van der Waals surface area contributed by atoms with Crippen molar-refractivity contribution in [1.82, 2.24) is 15.1 Å². The summed E-state index contributed by atoms with van der Waals surface area (Å²) in [5, 5.41) is 6.82. The van der Waals surface area contributed by atoms with Gasteiger partial charge in [0.2, 0.25) is 5.91 Å². The van der Waals surface area contributed by atoms with Crippen LogP contribution < -0.4 is 11.1 Å². The molecule has 0 saturated heterocycles. The third-order valence-electron chi connectivity index (χ3n) is 2.46. The van der Waals surface area contributed by atoms with E-state index in [0.717, 1.165) is 5.76 Å². The minimum atomic E-state index is -0.0999. The van der Waals surface area contributed by atoms with Gasteiger partial charge in [-0.15, -0.1) is 0 Å². The number of nitrogens with one attached hydrogen (secondary N) is 1. The molecule has 0 fully saturated rings. The van der Waals surface area contributed by atoms with E-state index in [0.29, 0.717) is 12.2 Å². The van der Waals surface area contributed by atoms with Gasteiger partial charge in [0.1, 0.15) is 18.1 Å². The minimum absolute atomic E-state index is 0.0107. The Morgan fingerprint density at radius 2 is 2.44 bits per heavy atom. The molecule has 0 aromatic carbocycles. The van der Waals surface area contributed by atoms with Crippen LogP contribution >= 0.6 is 0 Å². The molecule has 0 spiro atoms. The van der Waals surface area contributed by atoms with Gasteiger partial charge in [-0.2, -0.15) is 5.10 Å². The molecule has 6 nitrogen and oxygen atoms in total. The fraction of sp³-hybridized carbons (Fsp3) is 0.333. The van der Waals surface area contributed by atoms with E-state index in [4.69, 9.17) is 10.2 Å². The summed E-state index contributed by atoms with van der Waals surface area (Å²) in [5.41, 5.74) is 5.47. The standard InChI is InChI=1S/C12H16N4O2/c1-9(7-10-3-2-6-18-10)14-12(17)8-16-5-4-11(13)15-16/h2-6,9H,7-8H2,1H3,(H2,13,15)(H,14,17). The van der Waals surface area contributed by atoms with E-state index >= 15 is 0 Å². The van der Waals surface area contributed by atoms with Crippen molar-refractivity contribution >= 4 is 11.7 Å². The zero-order valence-corrected chi connectivity index (χ0v) is 10.2. The van der Waals surface area contributed by atoms with Crippen LogP contribution in [0.3, 0.4) is 0 Å². The lowest BCUT2D eigenvalue weighted by atomic mass is 10.2. The number of nitrogen functional groups attached to an aromatic ring is 1. The average molecular weight is 248 g/mol. The third-order valence-corrected chi connectivity index (χ3v) is 2.46. The van der Waals surface area contributed by atoms with Crippen LogP contribution in [0.4, 0.5) is 5.82 Å². The molecule has 1 unspecified atom stereocenters. The fourth-order valence-corrected chi connectivity index (χ4v) is 1.71. The predicted molar refractivity (Wildman–Crippen MR) is 66.7 cm³/mol. The van der Waals surface area contributed by atoms with Crippen molar-refractivity contribution in [1.29, 1.82) is 0 Å². The van der Waals surface area contributed by atoms with Crippen molar-refractivity contribution < 1.29 is 9.21 Å². The normalized spacial score (nSPS) is 12.3. The molecule has 18 heavy (non-hydrogen) atoms. The number of carbonyl (C=O) groups excluding carboxylic acids is 1. The van der Waals surface area contributed by atoms with Gasteiger partial charge >= 0.3 is 0 Å². The molecule has 2 aromatic heterocycles. The number of hydrogen-bond donors (Lipinski definition) is 2. The minimum Gasteiger partial charge on any atom is -0.469 e. The lowest BCUT2D eigenvalue weighted by molar-refractivity contribution is -0.122. The van der Waals surface area contributed by atoms with Gasteiger partial charge in [0.05, 0.1) is 6.26 Å². The van der Waals surface area contributed by atoms with Gasteiger partial charge in [-0.25, -0.2) is 0 Å². The Kier molecular flexibility index (Phi) is 3.66. The zero-order chi connectivity index (χ0) is 13.0. The van der Waals surface area contributed by atoms with Crippen molar-refractivity contribution in [2.75, 3.05) is 5.73 Å². The lowest BCUT2D eigenvalue weighted by Crippen LogP contribution is -2.36. The SMILES string of the molecule is CC(Cc1ccco1)NC(=O)Cn1ccc(N)n1. The van der Waals surface area contributed by atoms with Gasteiger partial charge in [-0.1, -0.05) is 0 Å². The summed E-state index contributed by atoms with van der Waals surface area (Å²) in [6, 6.07) is 5.38. The molecular weight excluding hydrogens is 232 g/mol. The van der Waals surface area contributed by atoms with E-state index in [1.54, 1.807) is 18.5 Å². The van der Waals surface area contributed by atoms with E-state index in [1.165, 1.54) is 4.68 Å². The van der Waals surface area contributed by atoms with E-state index in [-0.39, 0.29) is 18.5 Å². The second-order valence-electron chi connectivity index (χ2n) is 4.19. The number of hydrogen-bond acceptors (Lipinski definition) is 4. The lowest BCUT2D eigenvalue weighted by Gasteiger charge is -2.12. The highest BCUT2D eigenvalue weighted by atomic mass is 16.3. The van der Waals surface area contributed by atoms with Crippen LogP contribution in [0.1, 0.15) is 12.7 Å². The predicted octanol–water partition coefficient (Wildman–Crippen LogP) is 0.806. The van der Waals surface area contributed by atoms with Crippen LogP contribution in [-0.4, -0.2) is 21.7 Å². The molecule has 2 aromatic rings. The second kappa shape index (κ2) is 5.39. The van der Waals surface area contributed by atoms with Gasteiger partial charge in [-0.05, 0) is 25.1 Å². The summed E-state index contributed by atoms with van der Waals surface area (Å²) in [6.07, 6.45) is 3.96. The largest absolute Gasteiger partial charge is 0.469 e. The highest BCUT2D eigenvalue weighted by molar-refractivity contribution is 5.75. The number of aromatic nitrogens is 2. The number of rotatable bonds is 5. The number of furan rings is 1. The molecule has 0 saturated carbocycles. The molecule has 0 aliphatic rings. The summed E-state index contributed by atoms with van der Waals surface area (Å²) < 4.78 is 6.73. The van der Waals surface area contributed by atoms with Crippen LogP contribution in [0.25, 0.3) is 0 Å². The highest BCUT2D eigenvalue weighted by Crippen LogP contribution is 2.04. The summed E-state index contributed by atoms with van der Waals surface area (Å²) in [7, 11) is 0. The van der Waals surface area contributed by atoms with Crippen LogP contribution in [0, 0.1) is 0 Å². The number of nitrogens with zero attached hydrogens (tertiary/aromatic N) is 2. The summed E-state index contributed by atoms with van der Waals surface area (Å²) in [5.74, 6) is 1.16. The van der Waals surface area contributed by atoms with Gasteiger partial charge < -0.3 is 15.5 Å². The first kappa shape index (κ1) is 12.2. The van der Waals surface area contributed by atoms with Crippen LogP contribution in [0.2, 0.25) is 0 Å². The first-order valence-corrected chi connectivity index (χ1v) is 5.74. The summed E-state index contributed by atoms with van der Waals surface area (Å²) in [4.78, 5) is 11.7. The van der Waals surface area contributed by atoms with Crippen molar-refractivity contribution in [3.8, 4) is 0 Å². The molecule has 1 amide bonds. The maximum atomic E-state index is 11.7. The topological polar surface area (TPSA) is 86.1 Å². The first-order valence-electron chi connectivity index (χ1n) is 5.74. The molecule has 0 radical (unpaired) electrons. The molecule has 6 heteroatoms. The van der Waals surface area contributed by atoms with Gasteiger partial charge in [0, 0.05) is 18.7 Å². The molecule has 2 heterocycles. The third kappa shape index (κ3) is 3.38. The Morgan fingerprint density at radius 1 is 1.61 bits per heavy atom. The molecule has 2 rings (SSSR count). The smallest absolute Gasteiger partial charge is 0.241 e. The Balaban J connectivity index is 1.80. The second-order valence-corrected chi connectivity index (χ2v) is 4.19. The molecular formula is C12H16N4O2. The Bertz CT molecular complexity index is 504. The first-order chi connectivity index (χ1) is 8.63.